The quantitative estimate of drug-likeness (QED) is 0.586. The van der Waals surface area contributed by atoms with Crippen molar-refractivity contribution in [3.8, 4) is 11.5 Å². The summed E-state index contributed by atoms with van der Waals surface area (Å²) in [4.78, 5) is 0. The Labute approximate surface area is 134 Å². The van der Waals surface area contributed by atoms with Crippen LogP contribution in [0.2, 0.25) is 10.0 Å². The van der Waals surface area contributed by atoms with Crippen LogP contribution in [0.4, 0.5) is 5.69 Å². The molecule has 0 saturated carbocycles. The second-order valence-electron chi connectivity index (χ2n) is 4.52. The van der Waals surface area contributed by atoms with Crippen molar-refractivity contribution in [2.75, 3.05) is 18.9 Å². The van der Waals surface area contributed by atoms with Crippen LogP contribution in [0, 0.1) is 0 Å². The minimum absolute atomic E-state index is 0.524. The van der Waals surface area contributed by atoms with E-state index in [1.165, 1.54) is 0 Å². The minimum atomic E-state index is 0.524. The SMILES string of the molecule is Nc1ccccc1OCCCCOc1ccc(Cl)cc1Cl. The lowest BCUT2D eigenvalue weighted by atomic mass is 10.3. The molecule has 0 heterocycles. The van der Waals surface area contributed by atoms with Crippen LogP contribution in [0.3, 0.4) is 0 Å². The summed E-state index contributed by atoms with van der Waals surface area (Å²) in [5, 5.41) is 1.12. The molecule has 5 heteroatoms. The van der Waals surface area contributed by atoms with Gasteiger partial charge in [-0.3, -0.25) is 0 Å². The van der Waals surface area contributed by atoms with E-state index in [0.29, 0.717) is 34.7 Å². The molecule has 0 aliphatic rings. The van der Waals surface area contributed by atoms with Crippen LogP contribution in [0.25, 0.3) is 0 Å². The van der Waals surface area contributed by atoms with Crippen molar-refractivity contribution in [2.24, 2.45) is 0 Å². The highest BCUT2D eigenvalue weighted by Gasteiger charge is 2.02. The molecule has 0 bridgehead atoms. The Bertz CT molecular complexity index is 590. The van der Waals surface area contributed by atoms with Gasteiger partial charge in [0.25, 0.3) is 0 Å². The Kier molecular flexibility index (Phi) is 6.03. The molecule has 0 atom stereocenters. The van der Waals surface area contributed by atoms with E-state index in [1.807, 2.05) is 24.3 Å². The van der Waals surface area contributed by atoms with Gasteiger partial charge >= 0.3 is 0 Å². The first-order valence-corrected chi connectivity index (χ1v) is 7.47. The zero-order valence-corrected chi connectivity index (χ0v) is 13.0. The van der Waals surface area contributed by atoms with Gasteiger partial charge in [0.2, 0.25) is 0 Å². The van der Waals surface area contributed by atoms with Gasteiger partial charge < -0.3 is 15.2 Å². The Balaban J connectivity index is 1.65. The molecular weight excluding hydrogens is 309 g/mol. The van der Waals surface area contributed by atoms with Crippen molar-refractivity contribution in [1.29, 1.82) is 0 Å². The Morgan fingerprint density at radius 3 is 2.19 bits per heavy atom. The maximum absolute atomic E-state index is 6.02. The summed E-state index contributed by atoms with van der Waals surface area (Å²) in [6.45, 7) is 1.18. The van der Waals surface area contributed by atoms with Gasteiger partial charge in [0.15, 0.2) is 0 Å². The fourth-order valence-electron chi connectivity index (χ4n) is 1.77. The van der Waals surface area contributed by atoms with Crippen LogP contribution < -0.4 is 15.2 Å². The molecule has 0 radical (unpaired) electrons. The molecule has 0 saturated heterocycles. The predicted octanol–water partition coefficient (Wildman–Crippen LogP) is 4.81. The molecule has 0 aliphatic carbocycles. The van der Waals surface area contributed by atoms with Crippen molar-refractivity contribution in [3.63, 3.8) is 0 Å². The summed E-state index contributed by atoms with van der Waals surface area (Å²) >= 11 is 11.8. The van der Waals surface area contributed by atoms with Gasteiger partial charge in [-0.05, 0) is 43.2 Å². The smallest absolute Gasteiger partial charge is 0.142 e. The molecule has 0 unspecified atom stereocenters. The zero-order valence-electron chi connectivity index (χ0n) is 11.5. The molecule has 2 rings (SSSR count). The Morgan fingerprint density at radius 2 is 1.52 bits per heavy atom. The standard InChI is InChI=1S/C16H17Cl2NO2/c17-12-7-8-15(13(18)11-12)20-9-3-4-10-21-16-6-2-1-5-14(16)19/h1-2,5-8,11H,3-4,9-10,19H2. The third-order valence-electron chi connectivity index (χ3n) is 2.87. The van der Waals surface area contributed by atoms with Gasteiger partial charge in [-0.15, -0.1) is 0 Å². The lowest BCUT2D eigenvalue weighted by Gasteiger charge is -2.10. The van der Waals surface area contributed by atoms with Gasteiger partial charge in [0.05, 0.1) is 23.9 Å². The lowest BCUT2D eigenvalue weighted by Crippen LogP contribution is -2.04. The van der Waals surface area contributed by atoms with E-state index in [2.05, 4.69) is 0 Å². The number of halogens is 2. The average Bonchev–Trinajstić information content (AvgIpc) is 2.46. The van der Waals surface area contributed by atoms with E-state index >= 15 is 0 Å². The van der Waals surface area contributed by atoms with E-state index in [-0.39, 0.29) is 0 Å². The van der Waals surface area contributed by atoms with E-state index < -0.39 is 0 Å². The second kappa shape index (κ2) is 8.01. The third kappa shape index (κ3) is 5.03. The van der Waals surface area contributed by atoms with Crippen LogP contribution >= 0.6 is 23.2 Å². The normalized spacial score (nSPS) is 10.4. The van der Waals surface area contributed by atoms with Gasteiger partial charge in [-0.25, -0.2) is 0 Å². The Morgan fingerprint density at radius 1 is 0.857 bits per heavy atom. The van der Waals surface area contributed by atoms with Crippen molar-refractivity contribution in [2.45, 2.75) is 12.8 Å². The maximum Gasteiger partial charge on any atom is 0.142 e. The average molecular weight is 326 g/mol. The summed E-state index contributed by atoms with van der Waals surface area (Å²) in [6, 6.07) is 12.7. The number of ether oxygens (including phenoxy) is 2. The first-order valence-electron chi connectivity index (χ1n) is 6.72. The summed E-state index contributed by atoms with van der Waals surface area (Å²) in [5.41, 5.74) is 6.45. The first kappa shape index (κ1) is 15.8. The van der Waals surface area contributed by atoms with Crippen molar-refractivity contribution >= 4 is 28.9 Å². The molecular formula is C16H17Cl2NO2. The summed E-state index contributed by atoms with van der Waals surface area (Å²) in [7, 11) is 0. The van der Waals surface area contributed by atoms with Crippen LogP contribution in [0.15, 0.2) is 42.5 Å². The second-order valence-corrected chi connectivity index (χ2v) is 5.36. The van der Waals surface area contributed by atoms with E-state index in [9.17, 15) is 0 Å². The molecule has 0 spiro atoms. The fourth-order valence-corrected chi connectivity index (χ4v) is 2.24. The van der Waals surface area contributed by atoms with Gasteiger partial charge in [0, 0.05) is 5.02 Å². The zero-order chi connectivity index (χ0) is 15.1. The number of unbranched alkanes of at least 4 members (excludes halogenated alkanes) is 1. The minimum Gasteiger partial charge on any atom is -0.492 e. The monoisotopic (exact) mass is 325 g/mol. The van der Waals surface area contributed by atoms with E-state index in [0.717, 1.165) is 18.6 Å². The number of nitrogen functional groups attached to an aromatic ring is 1. The van der Waals surface area contributed by atoms with Gasteiger partial charge in [0.1, 0.15) is 11.5 Å². The van der Waals surface area contributed by atoms with Gasteiger partial charge in [-0.1, -0.05) is 35.3 Å². The molecule has 2 aromatic carbocycles. The number of rotatable bonds is 7. The van der Waals surface area contributed by atoms with Crippen LogP contribution in [-0.4, -0.2) is 13.2 Å². The van der Waals surface area contributed by atoms with Crippen molar-refractivity contribution < 1.29 is 9.47 Å². The number of hydrogen-bond donors (Lipinski definition) is 1. The third-order valence-corrected chi connectivity index (χ3v) is 3.40. The van der Waals surface area contributed by atoms with E-state index in [4.69, 9.17) is 38.4 Å². The number of para-hydroxylation sites is 2. The number of nitrogens with two attached hydrogens (primary N) is 1. The summed E-state index contributed by atoms with van der Waals surface area (Å²) in [5.74, 6) is 1.37. The fraction of sp³-hybridized carbons (Fsp3) is 0.250. The largest absolute Gasteiger partial charge is 0.492 e. The molecule has 2 N–H and O–H groups in total. The topological polar surface area (TPSA) is 44.5 Å². The number of benzene rings is 2. The lowest BCUT2D eigenvalue weighted by molar-refractivity contribution is 0.267. The van der Waals surface area contributed by atoms with Crippen LogP contribution in [0.5, 0.6) is 11.5 Å². The molecule has 21 heavy (non-hydrogen) atoms. The number of anilines is 1. The molecule has 0 aromatic heterocycles. The maximum atomic E-state index is 6.02. The highest BCUT2D eigenvalue weighted by atomic mass is 35.5. The molecule has 3 nitrogen and oxygen atoms in total. The van der Waals surface area contributed by atoms with E-state index in [1.54, 1.807) is 18.2 Å². The molecule has 0 aliphatic heterocycles. The molecule has 112 valence electrons. The highest BCUT2D eigenvalue weighted by Crippen LogP contribution is 2.27. The van der Waals surface area contributed by atoms with Crippen LogP contribution in [0.1, 0.15) is 12.8 Å². The first-order chi connectivity index (χ1) is 10.2. The van der Waals surface area contributed by atoms with Crippen molar-refractivity contribution in [3.05, 3.63) is 52.5 Å². The highest BCUT2D eigenvalue weighted by molar-refractivity contribution is 6.35. The summed E-state index contributed by atoms with van der Waals surface area (Å²) in [6.07, 6.45) is 1.74. The molecule has 2 aromatic rings. The number of hydrogen-bond acceptors (Lipinski definition) is 3. The predicted molar refractivity (Wildman–Crippen MR) is 87.5 cm³/mol. The molecule has 0 amide bonds. The van der Waals surface area contributed by atoms with Gasteiger partial charge in [-0.2, -0.15) is 0 Å². The molecule has 0 fully saturated rings. The van der Waals surface area contributed by atoms with Crippen LogP contribution in [-0.2, 0) is 0 Å². The Hall–Kier alpha value is -1.58. The summed E-state index contributed by atoms with van der Waals surface area (Å²) < 4.78 is 11.2. The van der Waals surface area contributed by atoms with Crippen molar-refractivity contribution in [1.82, 2.24) is 0 Å².